The van der Waals surface area contributed by atoms with Crippen molar-refractivity contribution in [2.45, 2.75) is 57.4 Å². The fraction of sp³-hybridized carbons (Fsp3) is 0.667. The molecule has 1 saturated carbocycles. The maximum Gasteiger partial charge on any atom is 0.324 e. The van der Waals surface area contributed by atoms with Crippen LogP contribution in [-0.4, -0.2) is 68.2 Å². The molecule has 0 unspecified atom stereocenters. The van der Waals surface area contributed by atoms with Crippen molar-refractivity contribution in [3.63, 3.8) is 0 Å². The number of methoxy groups -OCH3 is 1. The van der Waals surface area contributed by atoms with Crippen LogP contribution in [0, 0.1) is 5.92 Å². The SMILES string of the molecule is COC(=O)CC[C@H]1CC[C@H](N2CCN(c3ccc4c(c3)CCN(C)CC4)C2=O)CC1. The molecular formula is C24H35N3O3. The van der Waals surface area contributed by atoms with E-state index >= 15 is 0 Å². The van der Waals surface area contributed by atoms with Crippen LogP contribution in [0.1, 0.15) is 49.7 Å². The fourth-order valence-electron chi connectivity index (χ4n) is 5.29. The molecule has 164 valence electrons. The molecule has 0 spiro atoms. The van der Waals surface area contributed by atoms with Gasteiger partial charge >= 0.3 is 12.0 Å². The monoisotopic (exact) mass is 413 g/mol. The molecular weight excluding hydrogens is 378 g/mol. The number of carbonyl (C=O) groups is 2. The summed E-state index contributed by atoms with van der Waals surface area (Å²) >= 11 is 0. The lowest BCUT2D eigenvalue weighted by Crippen LogP contribution is -2.41. The number of carbonyl (C=O) groups excluding carboxylic acids is 2. The first-order chi connectivity index (χ1) is 14.5. The van der Waals surface area contributed by atoms with Crippen molar-refractivity contribution >= 4 is 17.7 Å². The number of likely N-dealkylation sites (N-methyl/N-ethyl adjacent to an activating group) is 1. The summed E-state index contributed by atoms with van der Waals surface area (Å²) in [4.78, 5) is 31.0. The molecule has 6 heteroatoms. The van der Waals surface area contributed by atoms with E-state index in [0.717, 1.165) is 76.8 Å². The molecule has 0 aromatic heterocycles. The van der Waals surface area contributed by atoms with Gasteiger partial charge < -0.3 is 14.5 Å². The van der Waals surface area contributed by atoms with Crippen LogP contribution in [0.4, 0.5) is 10.5 Å². The van der Waals surface area contributed by atoms with E-state index in [2.05, 4.69) is 35.0 Å². The molecule has 0 atom stereocenters. The third kappa shape index (κ3) is 4.64. The number of hydrogen-bond donors (Lipinski definition) is 0. The number of urea groups is 1. The lowest BCUT2D eigenvalue weighted by Gasteiger charge is -2.34. The molecule has 2 heterocycles. The van der Waals surface area contributed by atoms with Crippen LogP contribution in [0.25, 0.3) is 0 Å². The molecule has 2 aliphatic heterocycles. The van der Waals surface area contributed by atoms with E-state index < -0.39 is 0 Å². The topological polar surface area (TPSA) is 53.1 Å². The molecule has 3 aliphatic rings. The predicted molar refractivity (Wildman–Crippen MR) is 118 cm³/mol. The van der Waals surface area contributed by atoms with E-state index in [4.69, 9.17) is 4.74 Å². The highest BCUT2D eigenvalue weighted by molar-refractivity contribution is 5.94. The van der Waals surface area contributed by atoms with Crippen LogP contribution in [0.3, 0.4) is 0 Å². The third-order valence-corrected chi connectivity index (χ3v) is 7.31. The molecule has 0 radical (unpaired) electrons. The number of benzene rings is 1. The minimum Gasteiger partial charge on any atom is -0.469 e. The average Bonchev–Trinajstić information content (AvgIpc) is 3.05. The highest BCUT2D eigenvalue weighted by Crippen LogP contribution is 2.33. The Balaban J connectivity index is 1.34. The van der Waals surface area contributed by atoms with Gasteiger partial charge in [0, 0.05) is 44.3 Å². The molecule has 1 aliphatic carbocycles. The first-order valence-corrected chi connectivity index (χ1v) is 11.5. The Hall–Kier alpha value is -2.08. The van der Waals surface area contributed by atoms with E-state index in [1.54, 1.807) is 0 Å². The number of nitrogens with zero attached hydrogens (tertiary/aromatic N) is 3. The van der Waals surface area contributed by atoms with E-state index in [1.165, 1.54) is 18.2 Å². The molecule has 4 rings (SSSR count). The number of ether oxygens (including phenoxy) is 1. The van der Waals surface area contributed by atoms with Gasteiger partial charge in [-0.1, -0.05) is 6.07 Å². The highest BCUT2D eigenvalue weighted by atomic mass is 16.5. The van der Waals surface area contributed by atoms with Crippen LogP contribution in [0.5, 0.6) is 0 Å². The summed E-state index contributed by atoms with van der Waals surface area (Å²) in [5.74, 6) is 0.465. The molecule has 0 N–H and O–H groups in total. The van der Waals surface area contributed by atoms with Gasteiger partial charge in [0.15, 0.2) is 0 Å². The molecule has 30 heavy (non-hydrogen) atoms. The first kappa shape index (κ1) is 21.2. The van der Waals surface area contributed by atoms with Gasteiger partial charge in [-0.05, 0) is 81.2 Å². The van der Waals surface area contributed by atoms with Crippen molar-refractivity contribution in [2.75, 3.05) is 45.2 Å². The number of amides is 2. The van der Waals surface area contributed by atoms with Gasteiger partial charge in [0.05, 0.1) is 7.11 Å². The lowest BCUT2D eigenvalue weighted by atomic mass is 9.83. The van der Waals surface area contributed by atoms with Crippen molar-refractivity contribution in [1.29, 1.82) is 0 Å². The third-order valence-electron chi connectivity index (χ3n) is 7.31. The molecule has 2 fully saturated rings. The zero-order chi connectivity index (χ0) is 21.1. The number of fused-ring (bicyclic) bond motifs is 1. The number of hydrogen-bond acceptors (Lipinski definition) is 4. The van der Waals surface area contributed by atoms with Crippen molar-refractivity contribution < 1.29 is 14.3 Å². The Labute approximate surface area is 180 Å². The van der Waals surface area contributed by atoms with Crippen LogP contribution in [-0.2, 0) is 22.4 Å². The molecule has 1 aromatic carbocycles. The smallest absolute Gasteiger partial charge is 0.324 e. The molecule has 2 amide bonds. The Bertz CT molecular complexity index is 773. The Kier molecular flexibility index (Phi) is 6.61. The Morgan fingerprint density at radius 3 is 2.50 bits per heavy atom. The Morgan fingerprint density at radius 1 is 1.03 bits per heavy atom. The zero-order valence-corrected chi connectivity index (χ0v) is 18.4. The fourth-order valence-corrected chi connectivity index (χ4v) is 5.29. The number of esters is 1. The average molecular weight is 414 g/mol. The van der Waals surface area contributed by atoms with Gasteiger partial charge in [0.2, 0.25) is 0 Å². The maximum atomic E-state index is 13.2. The summed E-state index contributed by atoms with van der Waals surface area (Å²) in [6, 6.07) is 7.12. The van der Waals surface area contributed by atoms with Crippen molar-refractivity contribution in [3.8, 4) is 0 Å². The summed E-state index contributed by atoms with van der Waals surface area (Å²) in [5.41, 5.74) is 3.88. The molecule has 1 saturated heterocycles. The van der Waals surface area contributed by atoms with Gasteiger partial charge in [-0.15, -0.1) is 0 Å². The van der Waals surface area contributed by atoms with E-state index in [9.17, 15) is 9.59 Å². The zero-order valence-electron chi connectivity index (χ0n) is 18.4. The van der Waals surface area contributed by atoms with Gasteiger partial charge in [-0.2, -0.15) is 0 Å². The van der Waals surface area contributed by atoms with Crippen molar-refractivity contribution in [1.82, 2.24) is 9.80 Å². The Morgan fingerprint density at radius 2 is 1.77 bits per heavy atom. The van der Waals surface area contributed by atoms with Gasteiger partial charge in [0.25, 0.3) is 0 Å². The number of rotatable bonds is 5. The quantitative estimate of drug-likeness (QED) is 0.694. The summed E-state index contributed by atoms with van der Waals surface area (Å²) in [5, 5.41) is 0. The minimum absolute atomic E-state index is 0.116. The van der Waals surface area contributed by atoms with E-state index in [0.29, 0.717) is 18.4 Å². The van der Waals surface area contributed by atoms with Crippen LogP contribution < -0.4 is 4.90 Å². The molecule has 1 aromatic rings. The normalized spacial score (nSPS) is 25.2. The highest BCUT2D eigenvalue weighted by Gasteiger charge is 2.36. The predicted octanol–water partition coefficient (Wildman–Crippen LogP) is 3.47. The molecule has 6 nitrogen and oxygen atoms in total. The van der Waals surface area contributed by atoms with E-state index in [-0.39, 0.29) is 12.0 Å². The largest absolute Gasteiger partial charge is 0.469 e. The van der Waals surface area contributed by atoms with Crippen LogP contribution >= 0.6 is 0 Å². The van der Waals surface area contributed by atoms with Gasteiger partial charge in [-0.3, -0.25) is 9.69 Å². The second kappa shape index (κ2) is 9.38. The minimum atomic E-state index is -0.116. The standard InChI is InChI=1S/C24H35N3O3/c1-25-13-11-19-6-9-22(17-20(19)12-14-25)27-16-15-26(24(27)29)21-7-3-18(4-8-21)5-10-23(28)30-2/h6,9,17-18,21H,3-5,7-8,10-16H2,1-2H3/t18-,21-. The summed E-state index contributed by atoms with van der Waals surface area (Å²) < 4.78 is 4.76. The van der Waals surface area contributed by atoms with E-state index in [1.807, 2.05) is 4.90 Å². The summed E-state index contributed by atoms with van der Waals surface area (Å²) in [7, 11) is 3.63. The van der Waals surface area contributed by atoms with Gasteiger partial charge in [0.1, 0.15) is 0 Å². The second-order valence-electron chi connectivity index (χ2n) is 9.17. The number of anilines is 1. The van der Waals surface area contributed by atoms with Crippen LogP contribution in [0.15, 0.2) is 18.2 Å². The van der Waals surface area contributed by atoms with Crippen molar-refractivity contribution in [2.24, 2.45) is 5.92 Å². The second-order valence-corrected chi connectivity index (χ2v) is 9.17. The first-order valence-electron chi connectivity index (χ1n) is 11.5. The van der Waals surface area contributed by atoms with Crippen LogP contribution in [0.2, 0.25) is 0 Å². The lowest BCUT2D eigenvalue weighted by molar-refractivity contribution is -0.141. The summed E-state index contributed by atoms with van der Waals surface area (Å²) in [6.07, 6.45) is 7.84. The van der Waals surface area contributed by atoms with Gasteiger partial charge in [-0.25, -0.2) is 4.79 Å². The molecule has 0 bridgehead atoms. The summed E-state index contributed by atoms with van der Waals surface area (Å²) in [6.45, 7) is 3.77. The maximum absolute atomic E-state index is 13.2. The van der Waals surface area contributed by atoms with Crippen molar-refractivity contribution in [3.05, 3.63) is 29.3 Å².